The van der Waals surface area contributed by atoms with Crippen LogP contribution in [0.5, 0.6) is 0 Å². The van der Waals surface area contributed by atoms with E-state index in [0.29, 0.717) is 16.9 Å². The fourth-order valence-corrected chi connectivity index (χ4v) is 2.74. The zero-order chi connectivity index (χ0) is 14.1. The summed E-state index contributed by atoms with van der Waals surface area (Å²) in [6.45, 7) is 0.723. The first-order valence-corrected chi connectivity index (χ1v) is 6.47. The maximum Gasteiger partial charge on any atom is 0.328 e. The molecule has 0 amide bonds. The minimum atomic E-state index is -0.333. The topological polar surface area (TPSA) is 82.0 Å². The van der Waals surface area contributed by atoms with Gasteiger partial charge >= 0.3 is 5.97 Å². The summed E-state index contributed by atoms with van der Waals surface area (Å²) in [7, 11) is 1.39. The molecule has 1 fully saturated rings. The molecule has 102 valence electrons. The van der Waals surface area contributed by atoms with E-state index in [9.17, 15) is 10.1 Å². The second kappa shape index (κ2) is 4.85. The molecule has 0 unspecified atom stereocenters. The van der Waals surface area contributed by atoms with Crippen molar-refractivity contribution in [1.82, 2.24) is 9.97 Å². The quantitative estimate of drug-likeness (QED) is 0.838. The SMILES string of the molecule is COC(=O)[C@@H]1CCCN1c1[nH]c2cccnc2c1C#N. The molecule has 6 heteroatoms. The Morgan fingerprint density at radius 3 is 3.25 bits per heavy atom. The molecule has 0 aliphatic carbocycles. The van der Waals surface area contributed by atoms with Crippen LogP contribution in [-0.4, -0.2) is 35.6 Å². The van der Waals surface area contributed by atoms with Gasteiger partial charge in [-0.15, -0.1) is 0 Å². The summed E-state index contributed by atoms with van der Waals surface area (Å²) in [4.78, 5) is 21.2. The van der Waals surface area contributed by atoms with Crippen LogP contribution in [0.1, 0.15) is 18.4 Å². The van der Waals surface area contributed by atoms with Gasteiger partial charge in [0.25, 0.3) is 0 Å². The van der Waals surface area contributed by atoms with Gasteiger partial charge in [0.05, 0.1) is 12.6 Å². The lowest BCUT2D eigenvalue weighted by Gasteiger charge is -2.23. The number of H-pyrrole nitrogens is 1. The Labute approximate surface area is 116 Å². The van der Waals surface area contributed by atoms with Gasteiger partial charge in [0, 0.05) is 12.7 Å². The molecule has 2 aromatic rings. The maximum absolute atomic E-state index is 11.8. The molecule has 1 N–H and O–H groups in total. The van der Waals surface area contributed by atoms with E-state index in [1.807, 2.05) is 17.0 Å². The van der Waals surface area contributed by atoms with Gasteiger partial charge in [-0.3, -0.25) is 4.98 Å². The van der Waals surface area contributed by atoms with Crippen LogP contribution in [0.2, 0.25) is 0 Å². The molecule has 0 aromatic carbocycles. The van der Waals surface area contributed by atoms with Crippen LogP contribution in [0.3, 0.4) is 0 Å². The molecule has 1 atom stereocenters. The lowest BCUT2D eigenvalue weighted by atomic mass is 10.2. The summed E-state index contributed by atoms with van der Waals surface area (Å²) >= 11 is 0. The number of carbonyl (C=O) groups is 1. The van der Waals surface area contributed by atoms with Crippen LogP contribution >= 0.6 is 0 Å². The highest BCUT2D eigenvalue weighted by atomic mass is 16.5. The number of nitrogens with zero attached hydrogens (tertiary/aromatic N) is 3. The molecule has 6 nitrogen and oxygen atoms in total. The monoisotopic (exact) mass is 270 g/mol. The van der Waals surface area contributed by atoms with Crippen molar-refractivity contribution in [2.45, 2.75) is 18.9 Å². The molecule has 0 radical (unpaired) electrons. The number of methoxy groups -OCH3 is 1. The van der Waals surface area contributed by atoms with Crippen LogP contribution in [0.15, 0.2) is 18.3 Å². The third-order valence-electron chi connectivity index (χ3n) is 3.66. The molecule has 3 heterocycles. The largest absolute Gasteiger partial charge is 0.467 e. The van der Waals surface area contributed by atoms with E-state index in [1.54, 1.807) is 6.20 Å². The van der Waals surface area contributed by atoms with Gasteiger partial charge in [-0.1, -0.05) is 0 Å². The number of nitrogens with one attached hydrogen (secondary N) is 1. The van der Waals surface area contributed by atoms with E-state index in [1.165, 1.54) is 7.11 Å². The minimum Gasteiger partial charge on any atom is -0.467 e. The van der Waals surface area contributed by atoms with Crippen molar-refractivity contribution in [2.24, 2.45) is 0 Å². The van der Waals surface area contributed by atoms with Crippen LogP contribution in [0, 0.1) is 11.3 Å². The maximum atomic E-state index is 11.8. The molecule has 0 saturated carbocycles. The molecular weight excluding hydrogens is 256 g/mol. The number of aromatic amines is 1. The molecule has 1 aliphatic heterocycles. The van der Waals surface area contributed by atoms with Gasteiger partial charge in [0.15, 0.2) is 0 Å². The second-order valence-corrected chi connectivity index (χ2v) is 4.73. The van der Waals surface area contributed by atoms with Crippen molar-refractivity contribution >= 4 is 22.8 Å². The van der Waals surface area contributed by atoms with Gasteiger partial charge in [-0.2, -0.15) is 5.26 Å². The number of hydrogen-bond donors (Lipinski definition) is 1. The Kier molecular flexibility index (Phi) is 3.03. The number of pyridine rings is 1. The molecule has 3 rings (SSSR count). The first-order valence-electron chi connectivity index (χ1n) is 6.47. The van der Waals surface area contributed by atoms with Crippen LogP contribution < -0.4 is 4.90 Å². The van der Waals surface area contributed by atoms with Crippen molar-refractivity contribution in [2.75, 3.05) is 18.6 Å². The number of carbonyl (C=O) groups excluding carboxylic acids is 1. The molecule has 0 spiro atoms. The van der Waals surface area contributed by atoms with Gasteiger partial charge in [0.1, 0.15) is 29.0 Å². The van der Waals surface area contributed by atoms with Crippen LogP contribution in [0.25, 0.3) is 11.0 Å². The lowest BCUT2D eigenvalue weighted by molar-refractivity contribution is -0.141. The molecule has 0 bridgehead atoms. The van der Waals surface area contributed by atoms with Gasteiger partial charge in [-0.05, 0) is 25.0 Å². The predicted molar refractivity (Wildman–Crippen MR) is 73.2 cm³/mol. The Morgan fingerprint density at radius 2 is 2.50 bits per heavy atom. The van der Waals surface area contributed by atoms with Crippen LogP contribution in [-0.2, 0) is 9.53 Å². The van der Waals surface area contributed by atoms with E-state index >= 15 is 0 Å². The van der Waals surface area contributed by atoms with Crippen molar-refractivity contribution < 1.29 is 9.53 Å². The number of hydrogen-bond acceptors (Lipinski definition) is 5. The highest BCUT2D eigenvalue weighted by molar-refractivity contribution is 5.90. The number of fused-ring (bicyclic) bond motifs is 1. The second-order valence-electron chi connectivity index (χ2n) is 4.73. The van der Waals surface area contributed by atoms with E-state index in [-0.39, 0.29) is 12.0 Å². The van der Waals surface area contributed by atoms with Crippen molar-refractivity contribution in [3.63, 3.8) is 0 Å². The highest BCUT2D eigenvalue weighted by Gasteiger charge is 2.34. The summed E-state index contributed by atoms with van der Waals surface area (Å²) in [5.41, 5.74) is 1.92. The molecular formula is C14H14N4O2. The van der Waals surface area contributed by atoms with Crippen molar-refractivity contribution in [3.05, 3.63) is 23.9 Å². The van der Waals surface area contributed by atoms with Crippen molar-refractivity contribution in [1.29, 1.82) is 5.26 Å². The summed E-state index contributed by atoms with van der Waals surface area (Å²) in [5.74, 6) is 0.395. The first-order chi connectivity index (χ1) is 9.76. The standard InChI is InChI=1S/C14H14N4O2/c1-20-14(19)11-5-3-7-18(11)13-9(8-15)12-10(17-13)4-2-6-16-12/h2,4,6,11,17H,3,5,7H2,1H3/t11-/m0/s1. The summed E-state index contributed by atoms with van der Waals surface area (Å²) in [5, 5.41) is 9.39. The number of ether oxygens (including phenoxy) is 1. The van der Waals surface area contributed by atoms with Crippen molar-refractivity contribution in [3.8, 4) is 6.07 Å². The van der Waals surface area contributed by atoms with Gasteiger partial charge < -0.3 is 14.6 Å². The summed E-state index contributed by atoms with van der Waals surface area (Å²) < 4.78 is 4.84. The Balaban J connectivity index is 2.10. The number of aromatic nitrogens is 2. The molecule has 20 heavy (non-hydrogen) atoms. The van der Waals surface area contributed by atoms with E-state index in [2.05, 4.69) is 16.0 Å². The van der Waals surface area contributed by atoms with E-state index in [4.69, 9.17) is 4.74 Å². The Hall–Kier alpha value is -2.55. The Morgan fingerprint density at radius 1 is 1.65 bits per heavy atom. The third kappa shape index (κ3) is 1.79. The summed E-state index contributed by atoms with van der Waals surface area (Å²) in [6, 6.07) is 5.53. The lowest BCUT2D eigenvalue weighted by Crippen LogP contribution is -2.37. The number of nitriles is 1. The zero-order valence-corrected chi connectivity index (χ0v) is 11.1. The molecule has 2 aromatic heterocycles. The van der Waals surface area contributed by atoms with Gasteiger partial charge in [0.2, 0.25) is 0 Å². The van der Waals surface area contributed by atoms with E-state index in [0.717, 1.165) is 24.9 Å². The zero-order valence-electron chi connectivity index (χ0n) is 11.1. The van der Waals surface area contributed by atoms with Gasteiger partial charge in [-0.25, -0.2) is 4.79 Å². The normalized spacial score (nSPS) is 18.2. The fourth-order valence-electron chi connectivity index (χ4n) is 2.74. The fraction of sp³-hybridized carbons (Fsp3) is 0.357. The average molecular weight is 270 g/mol. The summed E-state index contributed by atoms with van der Waals surface area (Å²) in [6.07, 6.45) is 3.29. The third-order valence-corrected chi connectivity index (χ3v) is 3.66. The van der Waals surface area contributed by atoms with E-state index < -0.39 is 0 Å². The number of esters is 1. The van der Waals surface area contributed by atoms with Crippen LogP contribution in [0.4, 0.5) is 5.82 Å². The number of rotatable bonds is 2. The first kappa shape index (κ1) is 12.5. The highest BCUT2D eigenvalue weighted by Crippen LogP contribution is 2.32. The average Bonchev–Trinajstić information content (AvgIpc) is 3.09. The molecule has 1 aliphatic rings. The minimum absolute atomic E-state index is 0.266. The molecule has 1 saturated heterocycles. The Bertz CT molecular complexity index is 701. The number of anilines is 1. The smallest absolute Gasteiger partial charge is 0.328 e. The predicted octanol–water partition coefficient (Wildman–Crippen LogP) is 1.58.